The predicted octanol–water partition coefficient (Wildman–Crippen LogP) is 3.37. The summed E-state index contributed by atoms with van der Waals surface area (Å²) in [6.45, 7) is 7.17. The maximum Gasteiger partial charge on any atom is 0.333 e. The normalized spacial score (nSPS) is 12.2. The average Bonchev–Trinajstić information content (AvgIpc) is 3.31. The Hall–Kier alpha value is -3.94. The minimum Gasteiger partial charge on any atom is -0.354 e. The summed E-state index contributed by atoms with van der Waals surface area (Å²) >= 11 is 0. The van der Waals surface area contributed by atoms with E-state index in [0.29, 0.717) is 30.2 Å². The minimum absolute atomic E-state index is 0.0987. The molecule has 4 rings (SSSR count). The Morgan fingerprint density at radius 3 is 2.28 bits per heavy atom. The second-order valence-electron chi connectivity index (χ2n) is 9.65. The fourth-order valence-corrected chi connectivity index (χ4v) is 4.22. The number of carbonyl (C=O) groups is 1. The van der Waals surface area contributed by atoms with Gasteiger partial charge in [-0.2, -0.15) is 0 Å². The number of benzene rings is 2. The number of hydrogen-bond acceptors (Lipinski definition) is 4. The second-order valence-corrected chi connectivity index (χ2v) is 9.65. The third kappa shape index (κ3) is 5.64. The maximum atomic E-state index is 13.5. The van der Waals surface area contributed by atoms with E-state index >= 15 is 0 Å². The van der Waals surface area contributed by atoms with E-state index in [9.17, 15) is 14.4 Å². The van der Waals surface area contributed by atoms with E-state index in [-0.39, 0.29) is 24.9 Å². The first-order chi connectivity index (χ1) is 17.3. The largest absolute Gasteiger partial charge is 0.354 e. The lowest BCUT2D eigenvalue weighted by atomic mass is 10.0. The number of rotatable bonds is 10. The van der Waals surface area contributed by atoms with Crippen molar-refractivity contribution < 1.29 is 4.79 Å². The van der Waals surface area contributed by atoms with Gasteiger partial charge in [-0.15, -0.1) is 0 Å². The molecule has 0 bridgehead atoms. The Morgan fingerprint density at radius 2 is 1.61 bits per heavy atom. The lowest BCUT2D eigenvalue weighted by Gasteiger charge is -2.15. The molecule has 8 nitrogen and oxygen atoms in total. The zero-order valence-corrected chi connectivity index (χ0v) is 21.1. The van der Waals surface area contributed by atoms with Gasteiger partial charge in [0.1, 0.15) is 6.54 Å². The van der Waals surface area contributed by atoms with Crippen LogP contribution in [-0.4, -0.2) is 31.1 Å². The summed E-state index contributed by atoms with van der Waals surface area (Å²) in [5.41, 5.74) is 1.66. The number of imidazole rings is 1. The zero-order valence-electron chi connectivity index (χ0n) is 21.1. The van der Waals surface area contributed by atoms with Gasteiger partial charge in [0.05, 0.1) is 12.9 Å². The number of amides is 1. The summed E-state index contributed by atoms with van der Waals surface area (Å²) in [5.74, 6) is 0.162. The Balaban J connectivity index is 1.66. The van der Waals surface area contributed by atoms with Crippen LogP contribution in [0.3, 0.4) is 0 Å². The number of nitrogens with zero attached hydrogens (tertiary/aromatic N) is 4. The molecule has 0 aliphatic heterocycles. The molecule has 0 fully saturated rings. The fourth-order valence-electron chi connectivity index (χ4n) is 4.22. The van der Waals surface area contributed by atoms with Crippen LogP contribution in [0.5, 0.6) is 0 Å². The molecule has 36 heavy (non-hydrogen) atoms. The molecule has 1 atom stereocenters. The smallest absolute Gasteiger partial charge is 0.333 e. The van der Waals surface area contributed by atoms with Gasteiger partial charge in [0.25, 0.3) is 5.56 Å². The Morgan fingerprint density at radius 1 is 0.944 bits per heavy atom. The van der Waals surface area contributed by atoms with Crippen LogP contribution in [0.25, 0.3) is 11.2 Å². The van der Waals surface area contributed by atoms with E-state index in [1.54, 1.807) is 10.9 Å². The molecule has 188 valence electrons. The number of hydrogen-bond donors (Lipinski definition) is 1. The van der Waals surface area contributed by atoms with E-state index in [0.717, 1.165) is 22.1 Å². The molecular formula is C28H33N5O3. The van der Waals surface area contributed by atoms with Gasteiger partial charge in [-0.25, -0.2) is 14.3 Å². The van der Waals surface area contributed by atoms with Gasteiger partial charge in [-0.1, -0.05) is 81.4 Å². The van der Waals surface area contributed by atoms with Gasteiger partial charge < -0.3 is 9.88 Å². The predicted molar refractivity (Wildman–Crippen MR) is 141 cm³/mol. The van der Waals surface area contributed by atoms with Gasteiger partial charge in [0.2, 0.25) is 5.91 Å². The first-order valence-electron chi connectivity index (χ1n) is 12.4. The first kappa shape index (κ1) is 25.2. The lowest BCUT2D eigenvalue weighted by molar-refractivity contribution is -0.121. The molecule has 0 aliphatic carbocycles. The van der Waals surface area contributed by atoms with Crippen molar-refractivity contribution in [1.29, 1.82) is 0 Å². The topological polar surface area (TPSA) is 90.9 Å². The molecule has 0 aliphatic rings. The van der Waals surface area contributed by atoms with E-state index in [1.807, 2.05) is 67.6 Å². The molecule has 0 unspecified atom stereocenters. The van der Waals surface area contributed by atoms with E-state index < -0.39 is 11.2 Å². The number of aryl methyl sites for hydroxylation is 1. The van der Waals surface area contributed by atoms with Gasteiger partial charge in [-0.3, -0.25) is 14.2 Å². The van der Waals surface area contributed by atoms with Crippen molar-refractivity contribution in [3.8, 4) is 0 Å². The molecule has 2 heterocycles. The highest BCUT2D eigenvalue weighted by Crippen LogP contribution is 2.14. The molecule has 0 saturated carbocycles. The Labute approximate surface area is 210 Å². The molecule has 1 amide bonds. The average molecular weight is 488 g/mol. The van der Waals surface area contributed by atoms with E-state index in [4.69, 9.17) is 0 Å². The third-order valence-corrected chi connectivity index (χ3v) is 6.39. The molecule has 4 aromatic rings. The molecule has 0 radical (unpaired) electrons. The summed E-state index contributed by atoms with van der Waals surface area (Å²) in [6.07, 6.45) is 2.47. The molecule has 8 heteroatoms. The second kappa shape index (κ2) is 11.2. The Kier molecular flexibility index (Phi) is 7.83. The van der Waals surface area contributed by atoms with Crippen LogP contribution in [0.4, 0.5) is 0 Å². The van der Waals surface area contributed by atoms with Crippen molar-refractivity contribution in [2.75, 3.05) is 6.54 Å². The van der Waals surface area contributed by atoms with Crippen molar-refractivity contribution in [1.82, 2.24) is 24.0 Å². The summed E-state index contributed by atoms with van der Waals surface area (Å²) in [5, 5.41) is 2.88. The van der Waals surface area contributed by atoms with Crippen LogP contribution in [0.1, 0.15) is 44.2 Å². The molecule has 0 saturated heterocycles. The highest BCUT2D eigenvalue weighted by atomic mass is 16.2. The highest BCUT2D eigenvalue weighted by molar-refractivity contribution is 5.76. The lowest BCUT2D eigenvalue weighted by Crippen LogP contribution is -2.44. The van der Waals surface area contributed by atoms with E-state index in [1.165, 1.54) is 4.57 Å². The van der Waals surface area contributed by atoms with Gasteiger partial charge >= 0.3 is 5.69 Å². The highest BCUT2D eigenvalue weighted by Gasteiger charge is 2.20. The minimum atomic E-state index is -0.545. The van der Waals surface area contributed by atoms with E-state index in [2.05, 4.69) is 24.1 Å². The standard InChI is InChI=1S/C28H33N5O3/c1-20(2)14-15-31-19-30-26-25(31)27(35)33(28(36)32(26)17-22-10-6-4-7-11-22)18-24(34)29-16-21(3)23-12-8-5-9-13-23/h4-13,19-21H,14-18H2,1-3H3,(H,29,34)/t21-/m1/s1. The van der Waals surface area contributed by atoms with Gasteiger partial charge in [0.15, 0.2) is 11.2 Å². The van der Waals surface area contributed by atoms with Crippen molar-refractivity contribution in [2.45, 2.75) is 52.7 Å². The van der Waals surface area contributed by atoms with Crippen LogP contribution >= 0.6 is 0 Å². The van der Waals surface area contributed by atoms with Gasteiger partial charge in [-0.05, 0) is 29.4 Å². The van der Waals surface area contributed by atoms with Gasteiger partial charge in [0, 0.05) is 13.1 Å². The van der Waals surface area contributed by atoms with Crippen molar-refractivity contribution in [3.05, 3.63) is 99.0 Å². The number of fused-ring (bicyclic) bond motifs is 1. The zero-order chi connectivity index (χ0) is 25.7. The van der Waals surface area contributed by atoms with Crippen LogP contribution in [0.15, 0.2) is 76.6 Å². The van der Waals surface area contributed by atoms with Crippen molar-refractivity contribution in [2.24, 2.45) is 5.92 Å². The summed E-state index contributed by atoms with van der Waals surface area (Å²) in [6, 6.07) is 19.4. The molecule has 1 N–H and O–H groups in total. The molecular weight excluding hydrogens is 454 g/mol. The SMILES string of the molecule is CC(C)CCn1cnc2c1c(=O)n(CC(=O)NC[C@@H](C)c1ccccc1)c(=O)n2Cc1ccccc1. The monoisotopic (exact) mass is 487 g/mol. The molecule has 2 aromatic heterocycles. The van der Waals surface area contributed by atoms with Crippen LogP contribution in [0, 0.1) is 5.92 Å². The quantitative estimate of drug-likeness (QED) is 0.371. The first-order valence-corrected chi connectivity index (χ1v) is 12.4. The summed E-state index contributed by atoms with van der Waals surface area (Å²) in [4.78, 5) is 44.3. The number of carbonyl (C=O) groups excluding carboxylic acids is 1. The molecule has 0 spiro atoms. The maximum absolute atomic E-state index is 13.5. The van der Waals surface area contributed by atoms with Crippen LogP contribution in [0.2, 0.25) is 0 Å². The van der Waals surface area contributed by atoms with Crippen LogP contribution in [-0.2, 0) is 24.4 Å². The summed E-state index contributed by atoms with van der Waals surface area (Å²) in [7, 11) is 0. The van der Waals surface area contributed by atoms with Crippen molar-refractivity contribution >= 4 is 17.1 Å². The van der Waals surface area contributed by atoms with Crippen LogP contribution < -0.4 is 16.6 Å². The number of aromatic nitrogens is 4. The fraction of sp³-hybridized carbons (Fsp3) is 0.357. The third-order valence-electron chi connectivity index (χ3n) is 6.39. The molecule has 2 aromatic carbocycles. The summed E-state index contributed by atoms with van der Waals surface area (Å²) < 4.78 is 4.31. The number of nitrogens with one attached hydrogen (secondary N) is 1. The van der Waals surface area contributed by atoms with Crippen molar-refractivity contribution in [3.63, 3.8) is 0 Å². The Bertz CT molecular complexity index is 1440.